The molecule has 2 saturated carbocycles. The second-order valence-electron chi connectivity index (χ2n) is 10.5. The van der Waals surface area contributed by atoms with Gasteiger partial charge in [0.15, 0.2) is 5.65 Å². The first-order chi connectivity index (χ1) is 16.4. The number of nitrogens with one attached hydrogen (secondary N) is 2. The summed E-state index contributed by atoms with van der Waals surface area (Å²) in [5.74, 6) is 1.15. The number of para-hydroxylation sites is 1. The normalized spacial score (nSPS) is 22.1. The highest BCUT2D eigenvalue weighted by Gasteiger charge is 2.33. The average molecular weight is 467 g/mol. The molecule has 0 spiro atoms. The van der Waals surface area contributed by atoms with Gasteiger partial charge in [-0.15, -0.1) is 0 Å². The molecule has 0 atom stereocenters. The van der Waals surface area contributed by atoms with Crippen molar-refractivity contribution in [2.45, 2.75) is 89.3 Å². The van der Waals surface area contributed by atoms with Crippen molar-refractivity contribution >= 4 is 28.7 Å². The number of nitrogens with zero attached hydrogens (tertiary/aromatic N) is 4. The van der Waals surface area contributed by atoms with Crippen molar-refractivity contribution < 1.29 is 9.50 Å². The monoisotopic (exact) mass is 466 g/mol. The Morgan fingerprint density at radius 1 is 1.00 bits per heavy atom. The van der Waals surface area contributed by atoms with E-state index in [9.17, 15) is 9.50 Å². The molecule has 3 N–H and O–H groups in total. The van der Waals surface area contributed by atoms with E-state index in [4.69, 9.17) is 9.97 Å². The van der Waals surface area contributed by atoms with Crippen molar-refractivity contribution in [3.8, 4) is 0 Å². The molecule has 34 heavy (non-hydrogen) atoms. The van der Waals surface area contributed by atoms with Crippen molar-refractivity contribution in [2.24, 2.45) is 5.92 Å². The summed E-state index contributed by atoms with van der Waals surface area (Å²) < 4.78 is 16.6. The molecule has 2 fully saturated rings. The number of aromatic nitrogens is 4. The molecule has 5 rings (SSSR count). The molecule has 2 aliphatic carbocycles. The average Bonchev–Trinajstić information content (AvgIpc) is 3.18. The minimum Gasteiger partial charge on any atom is -0.390 e. The van der Waals surface area contributed by atoms with Gasteiger partial charge in [-0.1, -0.05) is 31.4 Å². The fourth-order valence-corrected chi connectivity index (χ4v) is 5.55. The van der Waals surface area contributed by atoms with Crippen molar-refractivity contribution in [1.82, 2.24) is 19.5 Å². The minimum absolute atomic E-state index is 0.162. The lowest BCUT2D eigenvalue weighted by molar-refractivity contribution is -0.00457. The van der Waals surface area contributed by atoms with Crippen LogP contribution in [0, 0.1) is 11.7 Å². The second-order valence-corrected chi connectivity index (χ2v) is 10.5. The molecule has 0 unspecified atom stereocenters. The Hall–Kier alpha value is -2.74. The number of aliphatic hydroxyl groups is 1. The van der Waals surface area contributed by atoms with Crippen molar-refractivity contribution in [1.29, 1.82) is 0 Å². The number of halogens is 1. The molecule has 0 bridgehead atoms. The predicted octanol–water partition coefficient (Wildman–Crippen LogP) is 5.96. The van der Waals surface area contributed by atoms with Crippen molar-refractivity contribution in [2.75, 3.05) is 10.6 Å². The van der Waals surface area contributed by atoms with Gasteiger partial charge in [0.2, 0.25) is 11.9 Å². The van der Waals surface area contributed by atoms with Crippen molar-refractivity contribution in [3.63, 3.8) is 0 Å². The van der Waals surface area contributed by atoms with Gasteiger partial charge in [0, 0.05) is 12.1 Å². The lowest BCUT2D eigenvalue weighted by atomic mass is 9.77. The predicted molar refractivity (Wildman–Crippen MR) is 133 cm³/mol. The fourth-order valence-electron chi connectivity index (χ4n) is 5.55. The number of benzene rings is 1. The van der Waals surface area contributed by atoms with Gasteiger partial charge in [0.05, 0.1) is 17.5 Å². The Morgan fingerprint density at radius 3 is 2.44 bits per heavy atom. The molecular formula is C26H35FN6O. The van der Waals surface area contributed by atoms with Crippen LogP contribution >= 0.6 is 0 Å². The standard InChI is InChI=1S/C26H35FN6O/c1-26(2,34)17-12-14-19(15-13-17)33-23-22(31-25(33)30-21-11-7-6-10-20(21)27)16-28-24(32-23)29-18-8-4-3-5-9-18/h6-7,10-11,16-19,34H,3-5,8-9,12-15H2,1-2H3,(H,30,31)(H,28,29,32). The summed E-state index contributed by atoms with van der Waals surface area (Å²) in [6.07, 6.45) is 11.5. The topological polar surface area (TPSA) is 87.9 Å². The van der Waals surface area contributed by atoms with Gasteiger partial charge in [-0.05, 0) is 70.4 Å². The van der Waals surface area contributed by atoms with E-state index in [0.717, 1.165) is 44.2 Å². The number of anilines is 3. The maximum Gasteiger partial charge on any atom is 0.224 e. The van der Waals surface area contributed by atoms with Crippen LogP contribution in [0.15, 0.2) is 30.5 Å². The largest absolute Gasteiger partial charge is 0.390 e. The number of rotatable bonds is 6. The van der Waals surface area contributed by atoms with E-state index in [1.807, 2.05) is 13.8 Å². The molecule has 3 aromatic rings. The van der Waals surface area contributed by atoms with Gasteiger partial charge in [-0.25, -0.2) is 14.4 Å². The summed E-state index contributed by atoms with van der Waals surface area (Å²) in [7, 11) is 0. The molecule has 2 aromatic heterocycles. The Morgan fingerprint density at radius 2 is 1.74 bits per heavy atom. The van der Waals surface area contributed by atoms with Gasteiger partial charge in [0.1, 0.15) is 11.3 Å². The number of hydrogen-bond donors (Lipinski definition) is 3. The third-order valence-electron chi connectivity index (χ3n) is 7.55. The molecular weight excluding hydrogens is 431 g/mol. The molecule has 2 heterocycles. The highest BCUT2D eigenvalue weighted by molar-refractivity contribution is 5.76. The van der Waals surface area contributed by atoms with Crippen LogP contribution in [0.3, 0.4) is 0 Å². The minimum atomic E-state index is -0.685. The summed E-state index contributed by atoms with van der Waals surface area (Å²) in [6, 6.07) is 7.20. The Bertz CT molecular complexity index is 1130. The molecule has 2 aliphatic rings. The van der Waals surface area contributed by atoms with E-state index in [0.29, 0.717) is 29.1 Å². The SMILES string of the molecule is CC(C)(O)C1CCC(n2c(Nc3ccccc3F)nc3cnc(NC4CCCCC4)nc32)CC1. The van der Waals surface area contributed by atoms with Crippen LogP contribution in [0.1, 0.15) is 77.7 Å². The van der Waals surface area contributed by atoms with E-state index in [1.165, 1.54) is 25.3 Å². The van der Waals surface area contributed by atoms with Crippen LogP contribution in [-0.4, -0.2) is 36.3 Å². The molecule has 0 amide bonds. The van der Waals surface area contributed by atoms with Crippen LogP contribution < -0.4 is 10.6 Å². The van der Waals surface area contributed by atoms with E-state index in [-0.39, 0.29) is 17.8 Å². The molecule has 8 heteroatoms. The molecule has 0 aliphatic heterocycles. The van der Waals surface area contributed by atoms with E-state index in [1.54, 1.807) is 24.4 Å². The summed E-state index contributed by atoms with van der Waals surface area (Å²) in [4.78, 5) is 14.2. The zero-order valence-corrected chi connectivity index (χ0v) is 20.1. The van der Waals surface area contributed by atoms with Crippen LogP contribution in [0.4, 0.5) is 22.0 Å². The highest BCUT2D eigenvalue weighted by atomic mass is 19.1. The van der Waals surface area contributed by atoms with Crippen LogP contribution in [0.25, 0.3) is 11.2 Å². The fraction of sp³-hybridized carbons (Fsp3) is 0.577. The van der Waals surface area contributed by atoms with Gasteiger partial charge >= 0.3 is 0 Å². The quantitative estimate of drug-likeness (QED) is 0.416. The third kappa shape index (κ3) is 4.87. The first-order valence-corrected chi connectivity index (χ1v) is 12.6. The highest BCUT2D eigenvalue weighted by Crippen LogP contribution is 2.40. The Balaban J connectivity index is 1.49. The van der Waals surface area contributed by atoms with Crippen molar-refractivity contribution in [3.05, 3.63) is 36.3 Å². The summed E-state index contributed by atoms with van der Waals surface area (Å²) >= 11 is 0. The molecule has 0 saturated heterocycles. The Kier molecular flexibility index (Phi) is 6.42. The third-order valence-corrected chi connectivity index (χ3v) is 7.55. The zero-order valence-electron chi connectivity index (χ0n) is 20.1. The molecule has 1 aromatic carbocycles. The molecule has 7 nitrogen and oxygen atoms in total. The van der Waals surface area contributed by atoms with Gasteiger partial charge in [-0.2, -0.15) is 4.98 Å². The maximum atomic E-state index is 14.4. The lowest BCUT2D eigenvalue weighted by Gasteiger charge is -2.36. The number of imidazole rings is 1. The summed E-state index contributed by atoms with van der Waals surface area (Å²) in [6.45, 7) is 3.79. The first kappa shape index (κ1) is 23.0. The lowest BCUT2D eigenvalue weighted by Crippen LogP contribution is -2.34. The van der Waals surface area contributed by atoms with E-state index >= 15 is 0 Å². The van der Waals surface area contributed by atoms with Gasteiger partial charge in [0.25, 0.3) is 0 Å². The number of hydrogen-bond acceptors (Lipinski definition) is 6. The van der Waals surface area contributed by atoms with Gasteiger partial charge in [-0.3, -0.25) is 4.57 Å². The molecule has 0 radical (unpaired) electrons. The van der Waals surface area contributed by atoms with E-state index < -0.39 is 5.60 Å². The van der Waals surface area contributed by atoms with E-state index in [2.05, 4.69) is 20.2 Å². The Labute approximate surface area is 200 Å². The summed E-state index contributed by atoms with van der Waals surface area (Å²) in [5, 5.41) is 17.2. The smallest absolute Gasteiger partial charge is 0.224 e. The number of fused-ring (bicyclic) bond motifs is 1. The molecule has 182 valence electrons. The van der Waals surface area contributed by atoms with Gasteiger partial charge < -0.3 is 15.7 Å². The second kappa shape index (κ2) is 9.49. The zero-order chi connectivity index (χ0) is 23.7. The van der Waals surface area contributed by atoms with Crippen LogP contribution in [-0.2, 0) is 0 Å². The van der Waals surface area contributed by atoms with Crippen LogP contribution in [0.5, 0.6) is 0 Å². The van der Waals surface area contributed by atoms with Crippen LogP contribution in [0.2, 0.25) is 0 Å². The maximum absolute atomic E-state index is 14.4. The first-order valence-electron chi connectivity index (χ1n) is 12.6. The summed E-state index contributed by atoms with van der Waals surface area (Å²) in [5.41, 5.74) is 1.16.